The largest absolute Gasteiger partial charge is 0.354 e. The molecule has 0 aromatic carbocycles. The maximum absolute atomic E-state index is 12.4. The van der Waals surface area contributed by atoms with E-state index in [-0.39, 0.29) is 6.54 Å². The van der Waals surface area contributed by atoms with E-state index >= 15 is 0 Å². The summed E-state index contributed by atoms with van der Waals surface area (Å²) in [7, 11) is 0.553. The van der Waals surface area contributed by atoms with Crippen molar-refractivity contribution in [1.29, 1.82) is 0 Å². The van der Waals surface area contributed by atoms with Gasteiger partial charge in [0.05, 0.1) is 5.69 Å². The number of hydrogen-bond donors (Lipinski definition) is 1. The Labute approximate surface area is 146 Å². The van der Waals surface area contributed by atoms with Crippen molar-refractivity contribution in [2.24, 2.45) is 7.05 Å². The second kappa shape index (κ2) is 6.83. The van der Waals surface area contributed by atoms with Crippen LogP contribution in [-0.4, -0.2) is 56.3 Å². The zero-order valence-electron chi connectivity index (χ0n) is 14.2. The van der Waals surface area contributed by atoms with Gasteiger partial charge in [0.25, 0.3) is 0 Å². The zero-order chi connectivity index (χ0) is 17.3. The van der Waals surface area contributed by atoms with Crippen molar-refractivity contribution in [1.82, 2.24) is 19.4 Å². The summed E-state index contributed by atoms with van der Waals surface area (Å²) >= 11 is 1.22. The summed E-state index contributed by atoms with van der Waals surface area (Å²) in [5, 5.41) is 6.26. The third kappa shape index (κ3) is 3.49. The molecule has 3 rings (SSSR count). The molecule has 0 aliphatic carbocycles. The van der Waals surface area contributed by atoms with Crippen molar-refractivity contribution in [2.75, 3.05) is 38.1 Å². The number of likely N-dealkylation sites (N-methyl/N-ethyl adjacent to an activating group) is 1. The Balaban J connectivity index is 1.81. The average Bonchev–Trinajstić information content (AvgIpc) is 3.15. The van der Waals surface area contributed by atoms with E-state index in [0.29, 0.717) is 4.21 Å². The lowest BCUT2D eigenvalue weighted by atomic mass is 10.2. The molecule has 3 heterocycles. The van der Waals surface area contributed by atoms with Crippen LogP contribution in [-0.2, 0) is 23.6 Å². The highest BCUT2D eigenvalue weighted by Crippen LogP contribution is 2.25. The predicted octanol–water partition coefficient (Wildman–Crippen LogP) is 1.02. The van der Waals surface area contributed by atoms with Crippen LogP contribution < -0.4 is 9.62 Å². The molecule has 0 unspecified atom stereocenters. The molecule has 0 saturated carbocycles. The molecule has 0 spiro atoms. The fourth-order valence-corrected chi connectivity index (χ4v) is 5.00. The average molecular weight is 370 g/mol. The smallest absolute Gasteiger partial charge is 0.250 e. The first-order chi connectivity index (χ1) is 11.4. The molecule has 1 aliphatic rings. The van der Waals surface area contributed by atoms with Crippen LogP contribution in [0.3, 0.4) is 0 Å². The molecule has 0 radical (unpaired) electrons. The van der Waals surface area contributed by atoms with Crippen molar-refractivity contribution in [3.8, 4) is 0 Å². The lowest BCUT2D eigenvalue weighted by Crippen LogP contribution is -2.45. The number of nitrogens with one attached hydrogen (secondary N) is 1. The number of hydrogen-bond acceptors (Lipinski definition) is 6. The normalized spacial score (nSPS) is 16.7. The molecule has 7 nitrogen and oxygen atoms in total. The number of aromatic nitrogens is 2. The molecule has 1 fully saturated rings. The Morgan fingerprint density at radius 1 is 1.25 bits per heavy atom. The maximum atomic E-state index is 12.4. The summed E-state index contributed by atoms with van der Waals surface area (Å²) in [6.45, 7) is 5.99. The molecule has 1 aliphatic heterocycles. The van der Waals surface area contributed by atoms with Crippen LogP contribution in [0.2, 0.25) is 0 Å². The minimum Gasteiger partial charge on any atom is -0.354 e. The topological polar surface area (TPSA) is 70.5 Å². The highest BCUT2D eigenvalue weighted by atomic mass is 32.2. The number of anilines is 1. The van der Waals surface area contributed by atoms with Crippen LogP contribution >= 0.6 is 11.3 Å². The van der Waals surface area contributed by atoms with E-state index in [1.165, 1.54) is 11.3 Å². The van der Waals surface area contributed by atoms with Crippen molar-refractivity contribution in [2.45, 2.75) is 17.7 Å². The Hall–Kier alpha value is -1.42. The maximum Gasteiger partial charge on any atom is 0.250 e. The van der Waals surface area contributed by atoms with Gasteiger partial charge in [-0.25, -0.2) is 13.1 Å². The molecule has 2 aromatic rings. The summed E-state index contributed by atoms with van der Waals surface area (Å²) in [5.41, 5.74) is 1.81. The van der Waals surface area contributed by atoms with Gasteiger partial charge in [0, 0.05) is 45.3 Å². The molecular formula is C15H23N5O2S2. The zero-order valence-corrected chi connectivity index (χ0v) is 15.8. The number of nitrogens with zero attached hydrogens (tertiary/aromatic N) is 4. The van der Waals surface area contributed by atoms with Crippen LogP contribution in [0.1, 0.15) is 11.3 Å². The van der Waals surface area contributed by atoms with Gasteiger partial charge in [0.1, 0.15) is 10.0 Å². The molecule has 1 N–H and O–H groups in total. The van der Waals surface area contributed by atoms with Crippen molar-refractivity contribution < 1.29 is 8.42 Å². The Morgan fingerprint density at radius 3 is 2.58 bits per heavy atom. The summed E-state index contributed by atoms with van der Waals surface area (Å²) in [4.78, 5) is 4.58. The highest BCUT2D eigenvalue weighted by Gasteiger charge is 2.24. The van der Waals surface area contributed by atoms with Gasteiger partial charge in [-0.05, 0) is 25.4 Å². The van der Waals surface area contributed by atoms with E-state index in [0.717, 1.165) is 43.3 Å². The van der Waals surface area contributed by atoms with Crippen LogP contribution in [0, 0.1) is 6.92 Å². The van der Waals surface area contributed by atoms with E-state index in [9.17, 15) is 8.42 Å². The van der Waals surface area contributed by atoms with Crippen LogP contribution in [0.4, 0.5) is 5.82 Å². The molecule has 24 heavy (non-hydrogen) atoms. The van der Waals surface area contributed by atoms with Gasteiger partial charge in [0.2, 0.25) is 10.0 Å². The number of aryl methyl sites for hydroxylation is 2. The minimum absolute atomic E-state index is 0.252. The lowest BCUT2D eigenvalue weighted by Gasteiger charge is -2.34. The molecular weight excluding hydrogens is 346 g/mol. The summed E-state index contributed by atoms with van der Waals surface area (Å²) in [6.07, 6.45) is 0. The van der Waals surface area contributed by atoms with E-state index in [4.69, 9.17) is 0 Å². The Morgan fingerprint density at radius 2 is 1.96 bits per heavy atom. The quantitative estimate of drug-likeness (QED) is 0.852. The lowest BCUT2D eigenvalue weighted by molar-refractivity contribution is 0.310. The van der Waals surface area contributed by atoms with Gasteiger partial charge in [0.15, 0.2) is 0 Å². The van der Waals surface area contributed by atoms with Crippen LogP contribution in [0.15, 0.2) is 21.7 Å². The Bertz CT molecular complexity index is 790. The predicted molar refractivity (Wildman–Crippen MR) is 96.0 cm³/mol. The first kappa shape index (κ1) is 17.4. The van der Waals surface area contributed by atoms with Gasteiger partial charge < -0.3 is 9.80 Å². The van der Waals surface area contributed by atoms with Crippen molar-refractivity contribution >= 4 is 27.2 Å². The standard InChI is InChI=1S/C15H23N5O2S2/c1-12-13(11-16-24(21,22)14-5-4-10-23-14)15(19(3)17-12)20-8-6-18(2)7-9-20/h4-5,10,16H,6-9,11H2,1-3H3. The van der Waals surface area contributed by atoms with Crippen LogP contribution in [0.25, 0.3) is 0 Å². The molecule has 0 amide bonds. The minimum atomic E-state index is -3.47. The monoisotopic (exact) mass is 369 g/mol. The SMILES string of the molecule is Cc1nn(C)c(N2CCN(C)CC2)c1CNS(=O)(=O)c1cccs1. The highest BCUT2D eigenvalue weighted by molar-refractivity contribution is 7.91. The molecule has 9 heteroatoms. The first-order valence-electron chi connectivity index (χ1n) is 7.87. The molecule has 2 aromatic heterocycles. The number of thiophene rings is 1. The van der Waals surface area contributed by atoms with Crippen molar-refractivity contribution in [3.63, 3.8) is 0 Å². The van der Waals surface area contributed by atoms with Gasteiger partial charge in [-0.3, -0.25) is 4.68 Å². The van der Waals surface area contributed by atoms with Gasteiger partial charge in [-0.15, -0.1) is 11.3 Å². The summed E-state index contributed by atoms with van der Waals surface area (Å²) in [6, 6.07) is 3.36. The number of sulfonamides is 1. The third-order valence-corrected chi connectivity index (χ3v) is 7.11. The van der Waals surface area contributed by atoms with Gasteiger partial charge in [-0.1, -0.05) is 6.07 Å². The molecule has 1 saturated heterocycles. The Kier molecular flexibility index (Phi) is 4.95. The number of piperazine rings is 1. The molecule has 0 atom stereocenters. The summed E-state index contributed by atoms with van der Waals surface area (Å²) in [5.74, 6) is 1.01. The van der Waals surface area contributed by atoms with Gasteiger partial charge in [-0.2, -0.15) is 5.10 Å². The second-order valence-corrected chi connectivity index (χ2v) is 9.00. The second-order valence-electron chi connectivity index (χ2n) is 6.06. The van der Waals surface area contributed by atoms with E-state index in [1.807, 2.05) is 18.7 Å². The third-order valence-electron chi connectivity index (χ3n) is 4.31. The van der Waals surface area contributed by atoms with Crippen molar-refractivity contribution in [3.05, 3.63) is 28.8 Å². The van der Waals surface area contributed by atoms with Crippen LogP contribution in [0.5, 0.6) is 0 Å². The fraction of sp³-hybridized carbons (Fsp3) is 0.533. The number of rotatable bonds is 5. The van der Waals surface area contributed by atoms with E-state index < -0.39 is 10.0 Å². The summed E-state index contributed by atoms with van der Waals surface area (Å²) < 4.78 is 29.6. The van der Waals surface area contributed by atoms with E-state index in [2.05, 4.69) is 26.7 Å². The van der Waals surface area contributed by atoms with Gasteiger partial charge >= 0.3 is 0 Å². The molecule has 0 bridgehead atoms. The molecule has 132 valence electrons. The first-order valence-corrected chi connectivity index (χ1v) is 10.2. The van der Waals surface area contributed by atoms with E-state index in [1.54, 1.807) is 17.5 Å². The fourth-order valence-electron chi connectivity index (χ4n) is 2.97.